The Bertz CT molecular complexity index is 477. The predicted molar refractivity (Wildman–Crippen MR) is 64.8 cm³/mol. The van der Waals surface area contributed by atoms with Crippen LogP contribution in [0.5, 0.6) is 0 Å². The smallest absolute Gasteiger partial charge is 0.159 e. The molecule has 88 valence electrons. The molecule has 0 spiro atoms. The molecule has 0 amide bonds. The van der Waals surface area contributed by atoms with Crippen LogP contribution in [0.15, 0.2) is 36.7 Å². The van der Waals surface area contributed by atoms with Gasteiger partial charge < -0.3 is 5.73 Å². The summed E-state index contributed by atoms with van der Waals surface area (Å²) in [5, 5.41) is 0. The van der Waals surface area contributed by atoms with E-state index in [0.717, 1.165) is 17.5 Å². The molecule has 1 aromatic carbocycles. The molecule has 0 bridgehead atoms. The van der Waals surface area contributed by atoms with Gasteiger partial charge in [0.2, 0.25) is 0 Å². The van der Waals surface area contributed by atoms with Crippen LogP contribution in [0.3, 0.4) is 0 Å². The van der Waals surface area contributed by atoms with Gasteiger partial charge in [-0.3, -0.25) is 0 Å². The highest BCUT2D eigenvalue weighted by Gasteiger charge is 2.03. The van der Waals surface area contributed by atoms with Gasteiger partial charge >= 0.3 is 0 Å². The lowest BCUT2D eigenvalue weighted by Gasteiger charge is -2.05. The Morgan fingerprint density at radius 3 is 2.29 bits per heavy atom. The maximum atomic E-state index is 12.8. The first-order valence-corrected chi connectivity index (χ1v) is 5.47. The van der Waals surface area contributed by atoms with E-state index in [1.165, 1.54) is 12.1 Å². The van der Waals surface area contributed by atoms with Gasteiger partial charge in [-0.15, -0.1) is 0 Å². The van der Waals surface area contributed by atoms with Crippen LogP contribution in [0.4, 0.5) is 4.39 Å². The van der Waals surface area contributed by atoms with Gasteiger partial charge in [-0.25, -0.2) is 14.4 Å². The molecule has 0 aliphatic rings. The maximum absolute atomic E-state index is 12.8. The van der Waals surface area contributed by atoms with Crippen LogP contribution < -0.4 is 5.73 Å². The number of hydrogen-bond acceptors (Lipinski definition) is 3. The van der Waals surface area contributed by atoms with Crippen LogP contribution in [-0.2, 0) is 6.42 Å². The molecule has 0 aliphatic heterocycles. The van der Waals surface area contributed by atoms with Gasteiger partial charge in [0.15, 0.2) is 5.82 Å². The molecular formula is C13H14FN3. The summed E-state index contributed by atoms with van der Waals surface area (Å²) in [4.78, 5) is 8.49. The van der Waals surface area contributed by atoms with Gasteiger partial charge in [-0.2, -0.15) is 0 Å². The van der Waals surface area contributed by atoms with Crippen LogP contribution in [0.1, 0.15) is 12.5 Å². The summed E-state index contributed by atoms with van der Waals surface area (Å²) in [6.45, 7) is 1.94. The zero-order valence-corrected chi connectivity index (χ0v) is 9.60. The van der Waals surface area contributed by atoms with E-state index in [2.05, 4.69) is 9.97 Å². The number of hydrogen-bond donors (Lipinski definition) is 1. The first kappa shape index (κ1) is 11.7. The van der Waals surface area contributed by atoms with E-state index in [9.17, 15) is 4.39 Å². The van der Waals surface area contributed by atoms with E-state index in [1.807, 2.05) is 6.92 Å². The molecule has 0 saturated carbocycles. The number of rotatable bonds is 3. The van der Waals surface area contributed by atoms with Crippen LogP contribution >= 0.6 is 0 Å². The van der Waals surface area contributed by atoms with E-state index in [-0.39, 0.29) is 11.9 Å². The van der Waals surface area contributed by atoms with E-state index >= 15 is 0 Å². The quantitative estimate of drug-likeness (QED) is 0.880. The van der Waals surface area contributed by atoms with Gasteiger partial charge in [0.25, 0.3) is 0 Å². The predicted octanol–water partition coefficient (Wildman–Crippen LogP) is 2.17. The van der Waals surface area contributed by atoms with Gasteiger partial charge in [-0.1, -0.05) is 0 Å². The number of aromatic nitrogens is 2. The molecule has 2 N–H and O–H groups in total. The molecule has 0 radical (unpaired) electrons. The fraction of sp³-hybridized carbons (Fsp3) is 0.231. The van der Waals surface area contributed by atoms with Crippen molar-refractivity contribution in [3.63, 3.8) is 0 Å². The molecule has 17 heavy (non-hydrogen) atoms. The summed E-state index contributed by atoms with van der Waals surface area (Å²) in [7, 11) is 0. The average molecular weight is 231 g/mol. The zero-order chi connectivity index (χ0) is 12.3. The molecule has 4 heteroatoms. The Morgan fingerprint density at radius 2 is 1.76 bits per heavy atom. The van der Waals surface area contributed by atoms with E-state index in [1.54, 1.807) is 24.5 Å². The molecule has 0 fully saturated rings. The number of nitrogens with two attached hydrogens (primary N) is 1. The van der Waals surface area contributed by atoms with Crippen molar-refractivity contribution in [3.8, 4) is 11.4 Å². The van der Waals surface area contributed by atoms with Gasteiger partial charge in [0.1, 0.15) is 5.82 Å². The Kier molecular flexibility index (Phi) is 3.44. The summed E-state index contributed by atoms with van der Waals surface area (Å²) in [6.07, 6.45) is 4.27. The summed E-state index contributed by atoms with van der Waals surface area (Å²) in [5.74, 6) is 0.334. The fourth-order valence-corrected chi connectivity index (χ4v) is 1.58. The topological polar surface area (TPSA) is 51.8 Å². The lowest BCUT2D eigenvalue weighted by atomic mass is 10.1. The summed E-state index contributed by atoms with van der Waals surface area (Å²) >= 11 is 0. The second-order valence-corrected chi connectivity index (χ2v) is 4.10. The molecule has 1 aromatic heterocycles. The van der Waals surface area contributed by atoms with Gasteiger partial charge in [0.05, 0.1) is 0 Å². The highest BCUT2D eigenvalue weighted by atomic mass is 19.1. The Balaban J connectivity index is 2.20. The van der Waals surface area contributed by atoms with E-state index in [4.69, 9.17) is 5.73 Å². The zero-order valence-electron chi connectivity index (χ0n) is 9.60. The third-order valence-electron chi connectivity index (χ3n) is 2.37. The van der Waals surface area contributed by atoms with Crippen molar-refractivity contribution < 1.29 is 4.39 Å². The van der Waals surface area contributed by atoms with Crippen molar-refractivity contribution in [2.45, 2.75) is 19.4 Å². The van der Waals surface area contributed by atoms with Crippen molar-refractivity contribution >= 4 is 0 Å². The number of halogens is 1. The molecule has 1 unspecified atom stereocenters. The van der Waals surface area contributed by atoms with Crippen molar-refractivity contribution in [1.82, 2.24) is 9.97 Å². The van der Waals surface area contributed by atoms with Crippen LogP contribution in [0, 0.1) is 5.82 Å². The van der Waals surface area contributed by atoms with Crippen LogP contribution in [0.2, 0.25) is 0 Å². The van der Waals surface area contributed by atoms with Crippen molar-refractivity contribution in [3.05, 3.63) is 48.0 Å². The summed E-state index contributed by atoms with van der Waals surface area (Å²) < 4.78 is 12.8. The maximum Gasteiger partial charge on any atom is 0.159 e. The van der Waals surface area contributed by atoms with Gasteiger partial charge in [0, 0.05) is 24.0 Å². The molecule has 1 atom stereocenters. The lowest BCUT2D eigenvalue weighted by Crippen LogP contribution is -2.18. The van der Waals surface area contributed by atoms with Gasteiger partial charge in [-0.05, 0) is 43.2 Å². The Hall–Kier alpha value is -1.81. The van der Waals surface area contributed by atoms with Crippen molar-refractivity contribution in [2.24, 2.45) is 5.73 Å². The highest BCUT2D eigenvalue weighted by molar-refractivity contribution is 5.54. The van der Waals surface area contributed by atoms with Crippen LogP contribution in [-0.4, -0.2) is 16.0 Å². The molecule has 2 rings (SSSR count). The molecular weight excluding hydrogens is 217 g/mol. The largest absolute Gasteiger partial charge is 0.328 e. The fourth-order valence-electron chi connectivity index (χ4n) is 1.58. The Morgan fingerprint density at radius 1 is 1.18 bits per heavy atom. The molecule has 3 nitrogen and oxygen atoms in total. The minimum Gasteiger partial charge on any atom is -0.328 e. The summed E-state index contributed by atoms with van der Waals surface area (Å²) in [6, 6.07) is 6.21. The SMILES string of the molecule is CC(N)Cc1cnc(-c2ccc(F)cc2)nc1. The monoisotopic (exact) mass is 231 g/mol. The standard InChI is InChI=1S/C13H14FN3/c1-9(15)6-10-7-16-13(17-8-10)11-2-4-12(14)5-3-11/h2-5,7-9H,6,15H2,1H3. The first-order valence-electron chi connectivity index (χ1n) is 5.47. The lowest BCUT2D eigenvalue weighted by molar-refractivity contribution is 0.628. The van der Waals surface area contributed by atoms with E-state index in [0.29, 0.717) is 5.82 Å². The average Bonchev–Trinajstić information content (AvgIpc) is 2.30. The second kappa shape index (κ2) is 5.01. The second-order valence-electron chi connectivity index (χ2n) is 4.10. The molecule has 2 aromatic rings. The third-order valence-corrected chi connectivity index (χ3v) is 2.37. The number of benzene rings is 1. The molecule has 0 aliphatic carbocycles. The minimum atomic E-state index is -0.262. The van der Waals surface area contributed by atoms with Crippen LogP contribution in [0.25, 0.3) is 11.4 Å². The highest BCUT2D eigenvalue weighted by Crippen LogP contribution is 2.14. The minimum absolute atomic E-state index is 0.0928. The molecule has 0 saturated heterocycles. The molecule has 1 heterocycles. The normalized spacial score (nSPS) is 12.4. The summed E-state index contributed by atoms with van der Waals surface area (Å²) in [5.41, 5.74) is 7.50. The Labute approximate surface area is 99.5 Å². The van der Waals surface area contributed by atoms with Crippen molar-refractivity contribution in [2.75, 3.05) is 0 Å². The van der Waals surface area contributed by atoms with Crippen molar-refractivity contribution in [1.29, 1.82) is 0 Å². The number of nitrogens with zero attached hydrogens (tertiary/aromatic N) is 2. The first-order chi connectivity index (χ1) is 8.15. The van der Waals surface area contributed by atoms with E-state index < -0.39 is 0 Å². The third kappa shape index (κ3) is 3.07.